The van der Waals surface area contributed by atoms with Gasteiger partial charge in [0.05, 0.1) is 16.9 Å². The number of aromatic carboxylic acids is 1. The Kier molecular flexibility index (Phi) is 4.74. The summed E-state index contributed by atoms with van der Waals surface area (Å²) in [5.41, 5.74) is -1.61. The minimum absolute atomic E-state index is 0.160. The van der Waals surface area contributed by atoms with Gasteiger partial charge in [0.25, 0.3) is 0 Å². The molecule has 0 atom stereocenters. The zero-order valence-electron chi connectivity index (χ0n) is 11.0. The van der Waals surface area contributed by atoms with Gasteiger partial charge in [-0.15, -0.1) is 0 Å². The molecule has 114 valence electrons. The summed E-state index contributed by atoms with van der Waals surface area (Å²) in [4.78, 5) is 11.2. The van der Waals surface area contributed by atoms with Crippen LogP contribution in [0.5, 0.6) is 0 Å². The second-order valence-electron chi connectivity index (χ2n) is 4.27. The van der Waals surface area contributed by atoms with Gasteiger partial charge in [-0.25, -0.2) is 18.0 Å². The monoisotopic (exact) mass is 419 g/mol. The third-order valence-electron chi connectivity index (χ3n) is 2.88. The van der Waals surface area contributed by atoms with Crippen molar-refractivity contribution < 1.29 is 23.1 Å². The molecule has 2 aromatic rings. The number of hydrogen-bond acceptors (Lipinski definition) is 2. The van der Waals surface area contributed by atoms with Gasteiger partial charge in [0, 0.05) is 9.13 Å². The molecule has 0 aliphatic carbocycles. The van der Waals surface area contributed by atoms with E-state index in [2.05, 4.69) is 11.9 Å². The lowest BCUT2D eigenvalue weighted by Crippen LogP contribution is -2.09. The molecule has 0 aliphatic rings. The van der Waals surface area contributed by atoms with Crippen LogP contribution in [0.15, 0.2) is 30.8 Å². The van der Waals surface area contributed by atoms with Crippen LogP contribution in [0, 0.1) is 21.0 Å². The van der Waals surface area contributed by atoms with Crippen molar-refractivity contribution in [3.63, 3.8) is 0 Å². The van der Waals surface area contributed by atoms with E-state index < -0.39 is 34.7 Å². The fraction of sp³-hybridized carbons (Fsp3) is 0. The molecule has 0 unspecified atom stereocenters. The molecule has 22 heavy (non-hydrogen) atoms. The molecule has 0 aromatic heterocycles. The molecule has 0 aliphatic heterocycles. The van der Waals surface area contributed by atoms with E-state index in [1.807, 2.05) is 22.6 Å². The van der Waals surface area contributed by atoms with E-state index in [4.69, 9.17) is 5.11 Å². The first-order chi connectivity index (χ1) is 10.3. The fourth-order valence-electron chi connectivity index (χ4n) is 1.81. The number of benzene rings is 2. The van der Waals surface area contributed by atoms with Crippen molar-refractivity contribution in [3.8, 4) is 0 Å². The summed E-state index contributed by atoms with van der Waals surface area (Å²) < 4.78 is 42.3. The highest BCUT2D eigenvalue weighted by Gasteiger charge is 2.22. The summed E-state index contributed by atoms with van der Waals surface area (Å²) in [6.07, 6.45) is 1.00. The Morgan fingerprint density at radius 2 is 1.91 bits per heavy atom. The number of anilines is 2. The minimum atomic E-state index is -1.48. The van der Waals surface area contributed by atoms with Crippen LogP contribution in [0.2, 0.25) is 0 Å². The number of hydrogen-bond donors (Lipinski definition) is 2. The summed E-state index contributed by atoms with van der Waals surface area (Å²) >= 11 is 1.88. The molecule has 3 nitrogen and oxygen atoms in total. The lowest BCUT2D eigenvalue weighted by molar-refractivity contribution is 0.0697. The third kappa shape index (κ3) is 3.08. The van der Waals surface area contributed by atoms with Gasteiger partial charge in [-0.05, 0) is 46.9 Å². The van der Waals surface area contributed by atoms with Crippen molar-refractivity contribution in [2.45, 2.75) is 0 Å². The zero-order chi connectivity index (χ0) is 16.4. The van der Waals surface area contributed by atoms with Crippen LogP contribution in [-0.2, 0) is 0 Å². The van der Waals surface area contributed by atoms with Crippen molar-refractivity contribution in [3.05, 3.63) is 63.0 Å². The molecule has 0 fully saturated rings. The first-order valence-corrected chi connectivity index (χ1v) is 7.02. The van der Waals surface area contributed by atoms with Crippen molar-refractivity contribution in [1.82, 2.24) is 0 Å². The molecule has 2 N–H and O–H groups in total. The zero-order valence-corrected chi connectivity index (χ0v) is 13.1. The standard InChI is InChI=1S/C15H9F3INO2/c1-2-7-5-9(15(21)22)14(13(18)12(7)17)20-11-4-3-8(19)6-10(11)16/h2-6,20H,1H2,(H,21,22). The summed E-state index contributed by atoms with van der Waals surface area (Å²) in [6.45, 7) is 3.29. The Labute approximate surface area is 137 Å². The Hall–Kier alpha value is -2.03. The molecule has 0 saturated heterocycles. The van der Waals surface area contributed by atoms with Crippen molar-refractivity contribution in [2.24, 2.45) is 0 Å². The number of nitrogens with one attached hydrogen (secondary N) is 1. The van der Waals surface area contributed by atoms with E-state index in [1.165, 1.54) is 12.1 Å². The fourth-order valence-corrected chi connectivity index (χ4v) is 2.26. The van der Waals surface area contributed by atoms with Crippen molar-refractivity contribution in [2.75, 3.05) is 5.32 Å². The van der Waals surface area contributed by atoms with Crippen molar-refractivity contribution in [1.29, 1.82) is 0 Å². The van der Waals surface area contributed by atoms with Gasteiger partial charge in [-0.3, -0.25) is 0 Å². The first kappa shape index (κ1) is 16.3. The van der Waals surface area contributed by atoms with E-state index in [9.17, 15) is 18.0 Å². The normalized spacial score (nSPS) is 10.4. The van der Waals surface area contributed by atoms with Gasteiger partial charge in [0.1, 0.15) is 5.82 Å². The molecular weight excluding hydrogens is 410 g/mol. The van der Waals surface area contributed by atoms with Crippen LogP contribution < -0.4 is 5.32 Å². The molecule has 2 aromatic carbocycles. The van der Waals surface area contributed by atoms with Crippen LogP contribution in [0.3, 0.4) is 0 Å². The highest BCUT2D eigenvalue weighted by atomic mass is 127. The van der Waals surface area contributed by atoms with E-state index in [1.54, 1.807) is 6.07 Å². The average Bonchev–Trinajstić information content (AvgIpc) is 2.46. The Balaban J connectivity index is 2.61. The summed E-state index contributed by atoms with van der Waals surface area (Å²) in [5.74, 6) is -4.85. The topological polar surface area (TPSA) is 49.3 Å². The minimum Gasteiger partial charge on any atom is -0.478 e. The highest BCUT2D eigenvalue weighted by molar-refractivity contribution is 14.1. The van der Waals surface area contributed by atoms with E-state index in [-0.39, 0.29) is 11.3 Å². The SMILES string of the molecule is C=Cc1cc(C(=O)O)c(Nc2ccc(I)cc2F)c(F)c1F. The molecule has 0 heterocycles. The lowest BCUT2D eigenvalue weighted by atomic mass is 10.1. The van der Waals surface area contributed by atoms with Crippen LogP contribution in [-0.4, -0.2) is 11.1 Å². The predicted octanol–water partition coefficient (Wildman–Crippen LogP) is 4.79. The largest absolute Gasteiger partial charge is 0.478 e. The Bertz CT molecular complexity index is 778. The maximum Gasteiger partial charge on any atom is 0.337 e. The molecular formula is C15H9F3INO2. The first-order valence-electron chi connectivity index (χ1n) is 5.95. The highest BCUT2D eigenvalue weighted by Crippen LogP contribution is 2.30. The van der Waals surface area contributed by atoms with Crippen LogP contribution >= 0.6 is 22.6 Å². The van der Waals surface area contributed by atoms with Crippen LogP contribution in [0.4, 0.5) is 24.5 Å². The average molecular weight is 419 g/mol. The smallest absolute Gasteiger partial charge is 0.337 e. The number of rotatable bonds is 4. The van der Waals surface area contributed by atoms with E-state index in [0.29, 0.717) is 3.57 Å². The quantitative estimate of drug-likeness (QED) is 0.701. The summed E-state index contributed by atoms with van der Waals surface area (Å²) in [5, 5.41) is 11.4. The van der Waals surface area contributed by atoms with E-state index in [0.717, 1.165) is 12.1 Å². The molecule has 0 bridgehead atoms. The van der Waals surface area contributed by atoms with Gasteiger partial charge < -0.3 is 10.4 Å². The second kappa shape index (κ2) is 6.39. The van der Waals surface area contributed by atoms with Gasteiger partial charge in [-0.1, -0.05) is 12.7 Å². The Morgan fingerprint density at radius 3 is 2.45 bits per heavy atom. The molecule has 0 spiro atoms. The molecule has 0 saturated carbocycles. The van der Waals surface area contributed by atoms with E-state index >= 15 is 0 Å². The van der Waals surface area contributed by atoms with Gasteiger partial charge in [0.15, 0.2) is 11.6 Å². The maximum absolute atomic E-state index is 14.1. The van der Waals surface area contributed by atoms with Gasteiger partial charge in [0.2, 0.25) is 0 Å². The molecule has 2 rings (SSSR count). The van der Waals surface area contributed by atoms with Gasteiger partial charge >= 0.3 is 5.97 Å². The number of carbonyl (C=O) groups is 1. The van der Waals surface area contributed by atoms with Crippen molar-refractivity contribution >= 4 is 46.0 Å². The summed E-state index contributed by atoms with van der Waals surface area (Å²) in [6, 6.07) is 4.96. The number of halogens is 4. The lowest BCUT2D eigenvalue weighted by Gasteiger charge is -2.13. The molecule has 0 amide bonds. The molecule has 7 heteroatoms. The Morgan fingerprint density at radius 1 is 1.23 bits per heavy atom. The third-order valence-corrected chi connectivity index (χ3v) is 3.55. The summed E-state index contributed by atoms with van der Waals surface area (Å²) in [7, 11) is 0. The predicted molar refractivity (Wildman–Crippen MR) is 85.8 cm³/mol. The maximum atomic E-state index is 14.1. The number of carboxylic acids is 1. The van der Waals surface area contributed by atoms with Crippen LogP contribution in [0.25, 0.3) is 6.08 Å². The number of carboxylic acid groups (broad SMARTS) is 1. The molecule has 0 radical (unpaired) electrons. The van der Waals surface area contributed by atoms with Gasteiger partial charge in [-0.2, -0.15) is 0 Å². The van der Waals surface area contributed by atoms with Crippen LogP contribution in [0.1, 0.15) is 15.9 Å². The second-order valence-corrected chi connectivity index (χ2v) is 5.52.